The van der Waals surface area contributed by atoms with Crippen LogP contribution in [0.2, 0.25) is 0 Å². The zero-order valence-electron chi connectivity index (χ0n) is 8.09. The quantitative estimate of drug-likeness (QED) is 0.602. The molecular weight excluding hydrogens is 156 g/mol. The van der Waals surface area contributed by atoms with E-state index in [-0.39, 0.29) is 23.6 Å². The van der Waals surface area contributed by atoms with E-state index in [0.717, 1.165) is 0 Å². The van der Waals surface area contributed by atoms with E-state index in [4.69, 9.17) is 0 Å². The number of rotatable bonds is 4. The predicted molar refractivity (Wildman–Crippen MR) is 45.6 cm³/mol. The van der Waals surface area contributed by atoms with E-state index in [9.17, 15) is 9.59 Å². The van der Waals surface area contributed by atoms with Gasteiger partial charge in [-0.2, -0.15) is 0 Å². The van der Waals surface area contributed by atoms with Crippen LogP contribution in [-0.2, 0) is 14.3 Å². The minimum Gasteiger partial charge on any atom is -0.469 e. The van der Waals surface area contributed by atoms with Gasteiger partial charge < -0.3 is 4.74 Å². The van der Waals surface area contributed by atoms with Crippen LogP contribution in [0, 0.1) is 11.8 Å². The first kappa shape index (κ1) is 11.1. The maximum atomic E-state index is 11.1. The average Bonchev–Trinajstić information content (AvgIpc) is 2.05. The van der Waals surface area contributed by atoms with E-state index in [0.29, 0.717) is 6.42 Å². The van der Waals surface area contributed by atoms with Crippen LogP contribution in [-0.4, -0.2) is 18.9 Å². The molecule has 0 aromatic carbocycles. The Balaban J connectivity index is 4.33. The summed E-state index contributed by atoms with van der Waals surface area (Å²) in [5.41, 5.74) is 0. The molecule has 0 bridgehead atoms. The van der Waals surface area contributed by atoms with Crippen LogP contribution in [0.15, 0.2) is 0 Å². The number of esters is 1. The van der Waals surface area contributed by atoms with Gasteiger partial charge in [-0.3, -0.25) is 9.59 Å². The molecule has 0 rings (SSSR count). The van der Waals surface area contributed by atoms with Gasteiger partial charge in [-0.15, -0.1) is 0 Å². The lowest BCUT2D eigenvalue weighted by Gasteiger charge is -2.17. The second kappa shape index (κ2) is 4.91. The fraction of sp³-hybridized carbons (Fsp3) is 0.778. The van der Waals surface area contributed by atoms with Crippen molar-refractivity contribution < 1.29 is 14.3 Å². The molecule has 0 spiro atoms. The molecule has 2 atom stereocenters. The predicted octanol–water partition coefficient (Wildman–Crippen LogP) is 1.41. The maximum Gasteiger partial charge on any atom is 0.309 e. The Morgan fingerprint density at radius 3 is 2.17 bits per heavy atom. The highest BCUT2D eigenvalue weighted by atomic mass is 16.5. The van der Waals surface area contributed by atoms with Crippen molar-refractivity contribution in [1.29, 1.82) is 0 Å². The number of carbonyl (C=O) groups is 2. The minimum atomic E-state index is -0.291. The molecule has 0 amide bonds. The number of methoxy groups -OCH3 is 1. The first-order valence-corrected chi connectivity index (χ1v) is 4.12. The maximum absolute atomic E-state index is 11.1. The lowest BCUT2D eigenvalue weighted by atomic mass is 9.89. The average molecular weight is 172 g/mol. The Bertz CT molecular complexity index is 175. The van der Waals surface area contributed by atoms with Crippen molar-refractivity contribution in [2.75, 3.05) is 7.11 Å². The summed E-state index contributed by atoms with van der Waals surface area (Å²) < 4.78 is 4.58. The summed E-state index contributed by atoms with van der Waals surface area (Å²) in [6, 6.07) is 0. The number of carbonyl (C=O) groups excluding carboxylic acids is 2. The van der Waals surface area contributed by atoms with Crippen molar-refractivity contribution in [2.24, 2.45) is 11.8 Å². The van der Waals surface area contributed by atoms with Gasteiger partial charge in [-0.25, -0.2) is 0 Å². The number of ether oxygens (including phenoxy) is 1. The topological polar surface area (TPSA) is 43.4 Å². The van der Waals surface area contributed by atoms with Gasteiger partial charge in [0, 0.05) is 5.92 Å². The van der Waals surface area contributed by atoms with Gasteiger partial charge in [-0.1, -0.05) is 13.8 Å². The number of hydrogen-bond acceptors (Lipinski definition) is 3. The van der Waals surface area contributed by atoms with Crippen molar-refractivity contribution in [2.45, 2.75) is 27.2 Å². The highest BCUT2D eigenvalue weighted by molar-refractivity contribution is 5.84. The van der Waals surface area contributed by atoms with Crippen molar-refractivity contribution in [1.82, 2.24) is 0 Å². The van der Waals surface area contributed by atoms with Crippen molar-refractivity contribution in [3.63, 3.8) is 0 Å². The summed E-state index contributed by atoms with van der Waals surface area (Å²) in [5.74, 6) is -0.776. The van der Waals surface area contributed by atoms with Crippen LogP contribution < -0.4 is 0 Å². The Hall–Kier alpha value is -0.860. The molecule has 0 aliphatic rings. The van der Waals surface area contributed by atoms with E-state index in [1.165, 1.54) is 14.0 Å². The molecule has 0 aliphatic heterocycles. The fourth-order valence-corrected chi connectivity index (χ4v) is 1.16. The molecular formula is C9H16O3. The molecule has 12 heavy (non-hydrogen) atoms. The van der Waals surface area contributed by atoms with E-state index in [1.54, 1.807) is 6.92 Å². The Labute approximate surface area is 73.1 Å². The van der Waals surface area contributed by atoms with Crippen molar-refractivity contribution >= 4 is 11.8 Å². The lowest BCUT2D eigenvalue weighted by molar-refractivity contribution is -0.149. The van der Waals surface area contributed by atoms with Crippen LogP contribution in [0.5, 0.6) is 0 Å². The molecule has 3 heteroatoms. The SMILES string of the molecule is CC[C@@H](C(=O)OC)[C@H](C)C(C)=O. The van der Waals surface area contributed by atoms with Gasteiger partial charge in [0.15, 0.2) is 0 Å². The van der Waals surface area contributed by atoms with Crippen LogP contribution in [0.4, 0.5) is 0 Å². The first-order valence-electron chi connectivity index (χ1n) is 4.12. The largest absolute Gasteiger partial charge is 0.469 e. The number of hydrogen-bond donors (Lipinski definition) is 0. The third kappa shape index (κ3) is 2.64. The van der Waals surface area contributed by atoms with Crippen molar-refractivity contribution in [3.8, 4) is 0 Å². The fourth-order valence-electron chi connectivity index (χ4n) is 1.16. The summed E-state index contributed by atoms with van der Waals surface area (Å²) in [5, 5.41) is 0. The van der Waals surface area contributed by atoms with Gasteiger partial charge >= 0.3 is 5.97 Å². The van der Waals surface area contributed by atoms with Gasteiger partial charge in [0.05, 0.1) is 13.0 Å². The standard InChI is InChI=1S/C9H16O3/c1-5-8(9(11)12-4)6(2)7(3)10/h6,8H,5H2,1-4H3/t6-,8-/m1/s1. The van der Waals surface area contributed by atoms with Crippen LogP contribution >= 0.6 is 0 Å². The molecule has 0 aromatic heterocycles. The molecule has 3 nitrogen and oxygen atoms in total. The van der Waals surface area contributed by atoms with Crippen molar-refractivity contribution in [3.05, 3.63) is 0 Å². The van der Waals surface area contributed by atoms with Crippen LogP contribution in [0.25, 0.3) is 0 Å². The monoisotopic (exact) mass is 172 g/mol. The summed E-state index contributed by atoms with van der Waals surface area (Å²) in [6.45, 7) is 5.13. The van der Waals surface area contributed by atoms with Gasteiger partial charge in [0.25, 0.3) is 0 Å². The third-order valence-electron chi connectivity index (χ3n) is 2.19. The van der Waals surface area contributed by atoms with E-state index in [2.05, 4.69) is 4.74 Å². The zero-order chi connectivity index (χ0) is 9.72. The van der Waals surface area contributed by atoms with Gasteiger partial charge in [-0.05, 0) is 13.3 Å². The second-order valence-corrected chi connectivity index (χ2v) is 2.94. The van der Waals surface area contributed by atoms with Gasteiger partial charge in [0.1, 0.15) is 5.78 Å². The molecule has 0 aliphatic carbocycles. The normalized spacial score (nSPS) is 15.0. The molecule has 0 heterocycles. The lowest BCUT2D eigenvalue weighted by Crippen LogP contribution is -2.26. The molecule has 0 radical (unpaired) electrons. The summed E-state index contributed by atoms with van der Waals surface area (Å²) >= 11 is 0. The summed E-state index contributed by atoms with van der Waals surface area (Å²) in [4.78, 5) is 22.1. The molecule has 0 saturated carbocycles. The Morgan fingerprint density at radius 1 is 1.42 bits per heavy atom. The van der Waals surface area contributed by atoms with E-state index in [1.807, 2.05) is 6.92 Å². The molecule has 0 fully saturated rings. The molecule has 0 unspecified atom stereocenters. The summed E-state index contributed by atoms with van der Waals surface area (Å²) in [7, 11) is 1.35. The highest BCUT2D eigenvalue weighted by Gasteiger charge is 2.26. The van der Waals surface area contributed by atoms with E-state index >= 15 is 0 Å². The van der Waals surface area contributed by atoms with Gasteiger partial charge in [0.2, 0.25) is 0 Å². The Morgan fingerprint density at radius 2 is 1.92 bits per heavy atom. The Kier molecular flexibility index (Phi) is 4.55. The van der Waals surface area contributed by atoms with Crippen LogP contribution in [0.1, 0.15) is 27.2 Å². The zero-order valence-corrected chi connectivity index (χ0v) is 8.09. The molecule has 0 N–H and O–H groups in total. The molecule has 0 aromatic rings. The minimum absolute atomic E-state index is 0.0345. The summed E-state index contributed by atoms with van der Waals surface area (Å²) in [6.07, 6.45) is 0.646. The van der Waals surface area contributed by atoms with E-state index < -0.39 is 0 Å². The van der Waals surface area contributed by atoms with Crippen LogP contribution in [0.3, 0.4) is 0 Å². The second-order valence-electron chi connectivity index (χ2n) is 2.94. The highest BCUT2D eigenvalue weighted by Crippen LogP contribution is 2.17. The number of Topliss-reactive ketones (excluding diaryl/α,β-unsaturated/α-hetero) is 1. The molecule has 0 saturated heterocycles. The third-order valence-corrected chi connectivity index (χ3v) is 2.19. The first-order chi connectivity index (χ1) is 5.54. The number of ketones is 1. The smallest absolute Gasteiger partial charge is 0.309 e. The molecule has 70 valence electrons.